The standard InChI is InChI=1S/C12H10FNO2/c1-8(15)9-5-6-11(13)10(7-9)3-2-4-12(14)16/h5-7H,4H2,1H3,(H2,14,16). The van der Waals surface area contributed by atoms with Gasteiger partial charge in [-0.2, -0.15) is 0 Å². The Morgan fingerprint density at radius 3 is 2.69 bits per heavy atom. The highest BCUT2D eigenvalue weighted by molar-refractivity contribution is 5.94. The monoisotopic (exact) mass is 219 g/mol. The molecule has 3 nitrogen and oxygen atoms in total. The molecule has 0 bridgehead atoms. The summed E-state index contributed by atoms with van der Waals surface area (Å²) in [7, 11) is 0. The molecule has 82 valence electrons. The molecule has 0 aliphatic rings. The number of amides is 1. The normalized spacial score (nSPS) is 9.12. The zero-order valence-electron chi connectivity index (χ0n) is 8.71. The zero-order chi connectivity index (χ0) is 12.1. The topological polar surface area (TPSA) is 60.2 Å². The number of Topliss-reactive ketones (excluding diaryl/α,β-unsaturated/α-hetero) is 1. The summed E-state index contributed by atoms with van der Waals surface area (Å²) in [5, 5.41) is 0. The number of carbonyl (C=O) groups is 2. The zero-order valence-corrected chi connectivity index (χ0v) is 8.71. The fraction of sp³-hybridized carbons (Fsp3) is 0.167. The number of hydrogen-bond donors (Lipinski definition) is 1. The van der Waals surface area contributed by atoms with Crippen molar-refractivity contribution in [3.63, 3.8) is 0 Å². The number of nitrogens with two attached hydrogens (primary N) is 1. The number of hydrogen-bond acceptors (Lipinski definition) is 2. The van der Waals surface area contributed by atoms with Crippen LogP contribution in [0.2, 0.25) is 0 Å². The van der Waals surface area contributed by atoms with E-state index in [1.54, 1.807) is 0 Å². The van der Waals surface area contributed by atoms with Crippen LogP contribution in [-0.4, -0.2) is 11.7 Å². The highest BCUT2D eigenvalue weighted by atomic mass is 19.1. The average Bonchev–Trinajstić information content (AvgIpc) is 2.20. The van der Waals surface area contributed by atoms with Crippen molar-refractivity contribution in [3.05, 3.63) is 35.1 Å². The second-order valence-electron chi connectivity index (χ2n) is 3.20. The first kappa shape index (κ1) is 11.9. The molecule has 0 fully saturated rings. The van der Waals surface area contributed by atoms with E-state index in [1.807, 2.05) is 0 Å². The molecule has 1 amide bonds. The Balaban J connectivity index is 3.01. The van der Waals surface area contributed by atoms with Gasteiger partial charge in [0.15, 0.2) is 5.78 Å². The van der Waals surface area contributed by atoms with Crippen LogP contribution in [0.4, 0.5) is 4.39 Å². The van der Waals surface area contributed by atoms with Crippen molar-refractivity contribution in [3.8, 4) is 11.8 Å². The number of benzene rings is 1. The van der Waals surface area contributed by atoms with E-state index < -0.39 is 11.7 Å². The molecule has 1 rings (SSSR count). The molecule has 0 saturated carbocycles. The Hall–Kier alpha value is -2.15. The predicted molar refractivity (Wildman–Crippen MR) is 57.1 cm³/mol. The molecule has 4 heteroatoms. The highest BCUT2D eigenvalue weighted by Gasteiger charge is 2.04. The van der Waals surface area contributed by atoms with Crippen LogP contribution in [0, 0.1) is 17.7 Å². The molecule has 16 heavy (non-hydrogen) atoms. The Kier molecular flexibility index (Phi) is 3.78. The lowest BCUT2D eigenvalue weighted by atomic mass is 10.1. The van der Waals surface area contributed by atoms with E-state index in [2.05, 4.69) is 11.8 Å². The van der Waals surface area contributed by atoms with E-state index in [-0.39, 0.29) is 17.8 Å². The molecular formula is C12H10FNO2. The number of rotatable bonds is 2. The minimum Gasteiger partial charge on any atom is -0.369 e. The van der Waals surface area contributed by atoms with Gasteiger partial charge in [-0.05, 0) is 25.1 Å². The lowest BCUT2D eigenvalue weighted by molar-refractivity contribution is -0.117. The Labute approximate surface area is 92.4 Å². The lowest BCUT2D eigenvalue weighted by Gasteiger charge is -1.97. The fourth-order valence-corrected chi connectivity index (χ4v) is 1.07. The van der Waals surface area contributed by atoms with E-state index >= 15 is 0 Å². The van der Waals surface area contributed by atoms with Gasteiger partial charge in [0.1, 0.15) is 5.82 Å². The molecule has 0 heterocycles. The minimum atomic E-state index is -0.573. The summed E-state index contributed by atoms with van der Waals surface area (Å²) >= 11 is 0. The fourth-order valence-electron chi connectivity index (χ4n) is 1.07. The van der Waals surface area contributed by atoms with Gasteiger partial charge in [0, 0.05) is 5.56 Å². The molecule has 0 aliphatic carbocycles. The summed E-state index contributed by atoms with van der Waals surface area (Å²) < 4.78 is 13.2. The predicted octanol–water partition coefficient (Wildman–Crippen LogP) is 1.26. The molecule has 0 unspecified atom stereocenters. The van der Waals surface area contributed by atoms with E-state index in [0.29, 0.717) is 5.56 Å². The van der Waals surface area contributed by atoms with Gasteiger partial charge in [0.25, 0.3) is 0 Å². The van der Waals surface area contributed by atoms with Gasteiger partial charge in [-0.15, -0.1) is 0 Å². The molecular weight excluding hydrogens is 209 g/mol. The molecule has 0 saturated heterocycles. The van der Waals surface area contributed by atoms with Crippen molar-refractivity contribution < 1.29 is 14.0 Å². The van der Waals surface area contributed by atoms with Gasteiger partial charge in [-0.3, -0.25) is 9.59 Å². The maximum absolute atomic E-state index is 13.2. The Bertz CT molecular complexity index is 497. The molecule has 0 spiro atoms. The van der Waals surface area contributed by atoms with Gasteiger partial charge in [0.05, 0.1) is 12.0 Å². The van der Waals surface area contributed by atoms with Crippen LogP contribution in [0.1, 0.15) is 29.3 Å². The summed E-state index contributed by atoms with van der Waals surface area (Å²) in [4.78, 5) is 21.5. The SMILES string of the molecule is CC(=O)c1ccc(F)c(C#CCC(N)=O)c1. The summed E-state index contributed by atoms with van der Waals surface area (Å²) in [6.07, 6.45) is -0.135. The molecule has 0 aliphatic heterocycles. The number of ketones is 1. The summed E-state index contributed by atoms with van der Waals surface area (Å²) in [5.41, 5.74) is 5.35. The van der Waals surface area contributed by atoms with Crippen LogP contribution in [0.5, 0.6) is 0 Å². The van der Waals surface area contributed by atoms with Crippen molar-refractivity contribution in [1.82, 2.24) is 0 Å². The van der Waals surface area contributed by atoms with E-state index in [1.165, 1.54) is 25.1 Å². The number of carbonyl (C=O) groups excluding carboxylic acids is 2. The first-order valence-electron chi connectivity index (χ1n) is 4.58. The van der Waals surface area contributed by atoms with Crippen LogP contribution in [0.15, 0.2) is 18.2 Å². The van der Waals surface area contributed by atoms with E-state index in [4.69, 9.17) is 5.73 Å². The second-order valence-corrected chi connectivity index (χ2v) is 3.20. The van der Waals surface area contributed by atoms with Crippen molar-refractivity contribution in [2.75, 3.05) is 0 Å². The quantitative estimate of drug-likeness (QED) is 0.601. The lowest BCUT2D eigenvalue weighted by Crippen LogP contribution is -2.08. The van der Waals surface area contributed by atoms with Crippen molar-refractivity contribution in [1.29, 1.82) is 0 Å². The smallest absolute Gasteiger partial charge is 0.229 e. The van der Waals surface area contributed by atoms with Crippen molar-refractivity contribution in [2.45, 2.75) is 13.3 Å². The first-order valence-corrected chi connectivity index (χ1v) is 4.58. The maximum Gasteiger partial charge on any atom is 0.229 e. The van der Waals surface area contributed by atoms with E-state index in [0.717, 1.165) is 0 Å². The maximum atomic E-state index is 13.2. The molecule has 0 atom stereocenters. The summed E-state index contributed by atoms with van der Waals surface area (Å²) in [6, 6.07) is 3.91. The van der Waals surface area contributed by atoms with Gasteiger partial charge in [0.2, 0.25) is 5.91 Å². The summed E-state index contributed by atoms with van der Waals surface area (Å²) in [5.74, 6) is 3.63. The highest BCUT2D eigenvalue weighted by Crippen LogP contribution is 2.10. The number of halogens is 1. The van der Waals surface area contributed by atoms with E-state index in [9.17, 15) is 14.0 Å². The van der Waals surface area contributed by atoms with Crippen molar-refractivity contribution >= 4 is 11.7 Å². The van der Waals surface area contributed by atoms with Crippen molar-refractivity contribution in [2.24, 2.45) is 5.73 Å². The van der Waals surface area contributed by atoms with Gasteiger partial charge in [-0.1, -0.05) is 11.8 Å². The molecule has 1 aromatic rings. The number of primary amides is 1. The Morgan fingerprint density at radius 2 is 2.12 bits per heavy atom. The molecule has 2 N–H and O–H groups in total. The third-order valence-electron chi connectivity index (χ3n) is 1.86. The van der Waals surface area contributed by atoms with Gasteiger partial charge < -0.3 is 5.73 Å². The average molecular weight is 219 g/mol. The third-order valence-corrected chi connectivity index (χ3v) is 1.86. The van der Waals surface area contributed by atoms with Gasteiger partial charge >= 0.3 is 0 Å². The third kappa shape index (κ3) is 3.21. The molecule has 0 radical (unpaired) electrons. The second kappa shape index (κ2) is 5.08. The Morgan fingerprint density at radius 1 is 1.44 bits per heavy atom. The minimum absolute atomic E-state index is 0.0916. The van der Waals surface area contributed by atoms with Crippen LogP contribution >= 0.6 is 0 Å². The van der Waals surface area contributed by atoms with Crippen LogP contribution < -0.4 is 5.73 Å². The molecule has 1 aromatic carbocycles. The first-order chi connectivity index (χ1) is 7.50. The van der Waals surface area contributed by atoms with Gasteiger partial charge in [-0.25, -0.2) is 4.39 Å². The van der Waals surface area contributed by atoms with Crippen LogP contribution in [0.3, 0.4) is 0 Å². The largest absolute Gasteiger partial charge is 0.369 e. The summed E-state index contributed by atoms with van der Waals surface area (Å²) in [6.45, 7) is 1.38. The van der Waals surface area contributed by atoms with Crippen LogP contribution in [0.25, 0.3) is 0 Å². The molecule has 0 aromatic heterocycles. The van der Waals surface area contributed by atoms with Crippen LogP contribution in [-0.2, 0) is 4.79 Å².